The van der Waals surface area contributed by atoms with Crippen LogP contribution in [0.2, 0.25) is 5.02 Å². The van der Waals surface area contributed by atoms with Gasteiger partial charge < -0.3 is 10.2 Å². The molecule has 6 heteroatoms. The molecule has 31 heavy (non-hydrogen) atoms. The van der Waals surface area contributed by atoms with Crippen LogP contribution in [0.1, 0.15) is 33.6 Å². The van der Waals surface area contributed by atoms with E-state index in [1.807, 2.05) is 66.7 Å². The molecule has 1 aromatic heterocycles. The van der Waals surface area contributed by atoms with Crippen LogP contribution in [0.25, 0.3) is 16.5 Å². The SMILES string of the molecule is CN(Cc1ccc(C(=O)NC2CC2)cc1)C(=O)/C=C/c1ccc(-c2ccccc2Cl)s1. The van der Waals surface area contributed by atoms with E-state index in [1.54, 1.807) is 29.4 Å². The summed E-state index contributed by atoms with van der Waals surface area (Å²) < 4.78 is 0. The van der Waals surface area contributed by atoms with E-state index < -0.39 is 0 Å². The molecule has 1 fully saturated rings. The molecule has 2 aromatic carbocycles. The van der Waals surface area contributed by atoms with Crippen molar-refractivity contribution in [3.8, 4) is 10.4 Å². The molecule has 158 valence electrons. The molecule has 0 atom stereocenters. The molecule has 4 nitrogen and oxygen atoms in total. The lowest BCUT2D eigenvalue weighted by Crippen LogP contribution is -2.26. The van der Waals surface area contributed by atoms with E-state index in [-0.39, 0.29) is 11.8 Å². The third-order valence-corrected chi connectivity index (χ3v) is 6.49. The third kappa shape index (κ3) is 5.63. The maximum atomic E-state index is 12.5. The Morgan fingerprint density at radius 2 is 1.84 bits per heavy atom. The summed E-state index contributed by atoms with van der Waals surface area (Å²) in [5, 5.41) is 3.69. The Morgan fingerprint density at radius 1 is 1.10 bits per heavy atom. The summed E-state index contributed by atoms with van der Waals surface area (Å²) in [4.78, 5) is 28.3. The number of carbonyl (C=O) groups excluding carboxylic acids is 2. The second kappa shape index (κ2) is 9.50. The van der Waals surface area contributed by atoms with E-state index in [0.717, 1.165) is 33.7 Å². The number of likely N-dealkylation sites (N-methyl/N-ethyl adjacent to an activating group) is 1. The van der Waals surface area contributed by atoms with Crippen molar-refractivity contribution in [1.29, 1.82) is 0 Å². The predicted octanol–water partition coefficient (Wildman–Crippen LogP) is 5.63. The number of hydrogen-bond acceptors (Lipinski definition) is 3. The highest BCUT2D eigenvalue weighted by Crippen LogP contribution is 2.33. The number of nitrogens with one attached hydrogen (secondary N) is 1. The van der Waals surface area contributed by atoms with Gasteiger partial charge in [0.05, 0.1) is 0 Å². The van der Waals surface area contributed by atoms with Crippen LogP contribution >= 0.6 is 22.9 Å². The lowest BCUT2D eigenvalue weighted by Gasteiger charge is -2.15. The highest BCUT2D eigenvalue weighted by Gasteiger charge is 2.23. The Morgan fingerprint density at radius 3 is 2.55 bits per heavy atom. The minimum absolute atomic E-state index is 0.0338. The molecule has 0 bridgehead atoms. The Hall–Kier alpha value is -2.89. The number of halogens is 1. The fraction of sp³-hybridized carbons (Fsp3) is 0.200. The monoisotopic (exact) mass is 450 g/mol. The summed E-state index contributed by atoms with van der Waals surface area (Å²) >= 11 is 7.86. The number of rotatable bonds is 7. The van der Waals surface area contributed by atoms with Gasteiger partial charge in [-0.3, -0.25) is 9.59 Å². The van der Waals surface area contributed by atoms with E-state index in [2.05, 4.69) is 5.32 Å². The first-order valence-electron chi connectivity index (χ1n) is 10.2. The zero-order valence-electron chi connectivity index (χ0n) is 17.2. The Bertz CT molecular complexity index is 1120. The average molecular weight is 451 g/mol. The van der Waals surface area contributed by atoms with Crippen LogP contribution in [0.15, 0.2) is 66.7 Å². The Balaban J connectivity index is 1.33. The number of amides is 2. The lowest BCUT2D eigenvalue weighted by atomic mass is 10.1. The molecule has 0 spiro atoms. The van der Waals surface area contributed by atoms with Crippen molar-refractivity contribution in [1.82, 2.24) is 10.2 Å². The summed E-state index contributed by atoms with van der Waals surface area (Å²) in [5.74, 6) is -0.114. The van der Waals surface area contributed by atoms with Crippen LogP contribution in [0.4, 0.5) is 0 Å². The van der Waals surface area contributed by atoms with E-state index >= 15 is 0 Å². The molecule has 1 heterocycles. The molecule has 1 aliphatic rings. The summed E-state index contributed by atoms with van der Waals surface area (Å²) in [5.41, 5.74) is 2.62. The van der Waals surface area contributed by atoms with Crippen LogP contribution in [-0.4, -0.2) is 29.8 Å². The van der Waals surface area contributed by atoms with Crippen LogP contribution in [0.5, 0.6) is 0 Å². The summed E-state index contributed by atoms with van der Waals surface area (Å²) in [7, 11) is 1.77. The molecular weight excluding hydrogens is 428 g/mol. The van der Waals surface area contributed by atoms with Gasteiger partial charge >= 0.3 is 0 Å². The normalized spacial score (nSPS) is 13.4. The molecule has 0 radical (unpaired) electrons. The molecule has 3 aromatic rings. The largest absolute Gasteiger partial charge is 0.349 e. The number of thiophene rings is 1. The summed E-state index contributed by atoms with van der Waals surface area (Å²) in [6.07, 6.45) is 5.54. The smallest absolute Gasteiger partial charge is 0.251 e. The third-order valence-electron chi connectivity index (χ3n) is 5.08. The zero-order chi connectivity index (χ0) is 21.8. The summed E-state index contributed by atoms with van der Waals surface area (Å²) in [6.45, 7) is 0.475. The topological polar surface area (TPSA) is 49.4 Å². The van der Waals surface area contributed by atoms with Crippen LogP contribution in [-0.2, 0) is 11.3 Å². The Kier molecular flexibility index (Phi) is 6.54. The van der Waals surface area contributed by atoms with Crippen LogP contribution in [0, 0.1) is 0 Å². The van der Waals surface area contributed by atoms with Crippen LogP contribution < -0.4 is 5.32 Å². The highest BCUT2D eigenvalue weighted by molar-refractivity contribution is 7.16. The van der Waals surface area contributed by atoms with Crippen molar-refractivity contribution in [2.45, 2.75) is 25.4 Å². The average Bonchev–Trinajstić information content (AvgIpc) is 3.46. The molecule has 1 N–H and O–H groups in total. The first-order chi connectivity index (χ1) is 15.0. The standard InChI is InChI=1S/C25H23ClN2O2S/c1-28(16-17-6-8-18(9-7-17)25(30)27-19-10-11-19)24(29)15-13-20-12-14-23(31-20)21-4-2-3-5-22(21)26/h2-9,12-15,19H,10-11,16H2,1H3,(H,27,30)/b15-13+. The molecule has 1 aliphatic carbocycles. The van der Waals surface area contributed by atoms with E-state index in [0.29, 0.717) is 23.2 Å². The summed E-state index contributed by atoms with van der Waals surface area (Å²) in [6, 6.07) is 19.5. The predicted molar refractivity (Wildman–Crippen MR) is 127 cm³/mol. The maximum absolute atomic E-state index is 12.5. The van der Waals surface area contributed by atoms with Gasteiger partial charge in [0.1, 0.15) is 0 Å². The lowest BCUT2D eigenvalue weighted by molar-refractivity contribution is -0.125. The Labute approximate surface area is 191 Å². The van der Waals surface area contributed by atoms with Gasteiger partial charge in [0.15, 0.2) is 0 Å². The fourth-order valence-electron chi connectivity index (χ4n) is 3.14. The van der Waals surface area contributed by atoms with Crippen molar-refractivity contribution < 1.29 is 9.59 Å². The number of nitrogens with zero attached hydrogens (tertiary/aromatic N) is 1. The molecule has 0 unspecified atom stereocenters. The molecular formula is C25H23ClN2O2S. The van der Waals surface area contributed by atoms with Gasteiger partial charge in [-0.15, -0.1) is 11.3 Å². The number of carbonyl (C=O) groups is 2. The minimum atomic E-state index is -0.0803. The molecule has 2 amide bonds. The van der Waals surface area contributed by atoms with Crippen molar-refractivity contribution in [2.75, 3.05) is 7.05 Å². The quantitative estimate of drug-likeness (QED) is 0.474. The molecule has 4 rings (SSSR count). The van der Waals surface area contributed by atoms with E-state index in [1.165, 1.54) is 0 Å². The second-order valence-corrected chi connectivity index (χ2v) is 9.18. The molecule has 1 saturated carbocycles. The van der Waals surface area contributed by atoms with Gasteiger partial charge in [0.25, 0.3) is 5.91 Å². The van der Waals surface area contributed by atoms with Gasteiger partial charge in [-0.25, -0.2) is 0 Å². The van der Waals surface area contributed by atoms with Gasteiger partial charge in [0, 0.05) is 51.6 Å². The van der Waals surface area contributed by atoms with Crippen molar-refractivity contribution >= 4 is 40.8 Å². The maximum Gasteiger partial charge on any atom is 0.251 e. The molecule has 0 saturated heterocycles. The second-order valence-electron chi connectivity index (χ2n) is 7.65. The van der Waals surface area contributed by atoms with Gasteiger partial charge in [0.2, 0.25) is 5.91 Å². The van der Waals surface area contributed by atoms with E-state index in [4.69, 9.17) is 11.6 Å². The minimum Gasteiger partial charge on any atom is -0.349 e. The van der Waals surface area contributed by atoms with Gasteiger partial charge in [-0.1, -0.05) is 41.9 Å². The van der Waals surface area contributed by atoms with Crippen molar-refractivity contribution in [2.24, 2.45) is 0 Å². The highest BCUT2D eigenvalue weighted by atomic mass is 35.5. The van der Waals surface area contributed by atoms with E-state index in [9.17, 15) is 9.59 Å². The van der Waals surface area contributed by atoms with Gasteiger partial charge in [-0.2, -0.15) is 0 Å². The fourth-order valence-corrected chi connectivity index (χ4v) is 4.38. The zero-order valence-corrected chi connectivity index (χ0v) is 18.7. The van der Waals surface area contributed by atoms with Crippen LogP contribution in [0.3, 0.4) is 0 Å². The number of benzene rings is 2. The first kappa shape index (κ1) is 21.3. The molecule has 0 aliphatic heterocycles. The first-order valence-corrected chi connectivity index (χ1v) is 11.4. The van der Waals surface area contributed by atoms with Crippen molar-refractivity contribution in [3.05, 3.63) is 87.8 Å². The van der Waals surface area contributed by atoms with Crippen molar-refractivity contribution in [3.63, 3.8) is 0 Å². The van der Waals surface area contributed by atoms with Gasteiger partial charge in [-0.05, 0) is 54.8 Å². The number of hydrogen-bond donors (Lipinski definition) is 1.